The fourth-order valence-corrected chi connectivity index (χ4v) is 3.98. The van der Waals surface area contributed by atoms with Crippen LogP contribution in [-0.4, -0.2) is 9.55 Å². The summed E-state index contributed by atoms with van der Waals surface area (Å²) in [6.07, 6.45) is 1.16. The number of aromatic nitrogens is 2. The van der Waals surface area contributed by atoms with E-state index in [1.54, 1.807) is 0 Å². The van der Waals surface area contributed by atoms with E-state index in [1.165, 1.54) is 16.7 Å². The molecule has 1 unspecified atom stereocenters. The Kier molecular flexibility index (Phi) is 6.36. The Labute approximate surface area is 192 Å². The molecule has 166 valence electrons. The molecule has 0 radical (unpaired) electrons. The number of imidazole rings is 1. The van der Waals surface area contributed by atoms with Crippen molar-refractivity contribution in [3.05, 3.63) is 95.3 Å². The Morgan fingerprint density at radius 1 is 0.906 bits per heavy atom. The summed E-state index contributed by atoms with van der Waals surface area (Å²) in [6.45, 7) is 12.4. The summed E-state index contributed by atoms with van der Waals surface area (Å²) in [5, 5.41) is 0. The van der Waals surface area contributed by atoms with Crippen LogP contribution in [0.2, 0.25) is 0 Å². The van der Waals surface area contributed by atoms with E-state index in [9.17, 15) is 0 Å². The van der Waals surface area contributed by atoms with Crippen LogP contribution in [0.1, 0.15) is 69.5 Å². The molecule has 0 fully saturated rings. The fourth-order valence-electron chi connectivity index (χ4n) is 3.98. The van der Waals surface area contributed by atoms with E-state index in [2.05, 4.69) is 106 Å². The lowest BCUT2D eigenvalue weighted by molar-refractivity contribution is 0.291. The van der Waals surface area contributed by atoms with Crippen LogP contribution in [0.4, 0.5) is 0 Å². The zero-order valence-corrected chi connectivity index (χ0v) is 19.9. The SMILES string of the molecule is CCC(C)c1ccc(Cn2c(COc3ccc(C(C)(C)C)cc3)nc3ccccc32)cc1. The topological polar surface area (TPSA) is 27.1 Å². The second-order valence-electron chi connectivity index (χ2n) is 9.72. The number of para-hydroxylation sites is 2. The van der Waals surface area contributed by atoms with Gasteiger partial charge in [-0.05, 0) is 58.7 Å². The molecule has 1 aromatic heterocycles. The second-order valence-corrected chi connectivity index (χ2v) is 9.72. The average molecular weight is 427 g/mol. The van der Waals surface area contributed by atoms with E-state index < -0.39 is 0 Å². The van der Waals surface area contributed by atoms with Gasteiger partial charge in [0.15, 0.2) is 0 Å². The second kappa shape index (κ2) is 9.20. The van der Waals surface area contributed by atoms with Crippen LogP contribution in [0.3, 0.4) is 0 Å². The van der Waals surface area contributed by atoms with Crippen molar-refractivity contribution in [1.82, 2.24) is 9.55 Å². The molecular formula is C29H34N2O. The monoisotopic (exact) mass is 426 g/mol. The summed E-state index contributed by atoms with van der Waals surface area (Å²) in [5.41, 5.74) is 6.25. The van der Waals surface area contributed by atoms with Crippen LogP contribution < -0.4 is 4.74 Å². The molecule has 0 spiro atoms. The maximum atomic E-state index is 6.15. The molecule has 0 aliphatic rings. The molecule has 3 heteroatoms. The summed E-state index contributed by atoms with van der Waals surface area (Å²) in [5.74, 6) is 2.40. The third-order valence-corrected chi connectivity index (χ3v) is 6.32. The standard InChI is InChI=1S/C29H34N2O/c1-6-21(2)23-13-11-22(12-14-23)19-31-27-10-8-7-9-26(27)30-28(31)20-32-25-17-15-24(16-18-25)29(3,4)5/h7-18,21H,6,19-20H2,1-5H3. The van der Waals surface area contributed by atoms with Gasteiger partial charge >= 0.3 is 0 Å². The molecule has 3 nitrogen and oxygen atoms in total. The lowest BCUT2D eigenvalue weighted by Gasteiger charge is -2.19. The van der Waals surface area contributed by atoms with Gasteiger partial charge in [0.1, 0.15) is 18.2 Å². The van der Waals surface area contributed by atoms with Gasteiger partial charge < -0.3 is 9.30 Å². The van der Waals surface area contributed by atoms with Gasteiger partial charge in [-0.1, -0.05) is 83.1 Å². The molecule has 0 amide bonds. The summed E-state index contributed by atoms with van der Waals surface area (Å²) in [4.78, 5) is 4.88. The minimum atomic E-state index is 0.136. The summed E-state index contributed by atoms with van der Waals surface area (Å²) in [6, 6.07) is 25.7. The molecule has 0 saturated heterocycles. The molecule has 0 aliphatic carbocycles. The van der Waals surface area contributed by atoms with Gasteiger partial charge in [0.2, 0.25) is 0 Å². The van der Waals surface area contributed by atoms with Gasteiger partial charge in [-0.2, -0.15) is 0 Å². The van der Waals surface area contributed by atoms with E-state index in [-0.39, 0.29) is 5.41 Å². The molecule has 4 aromatic rings. The van der Waals surface area contributed by atoms with Crippen LogP contribution in [0.5, 0.6) is 5.75 Å². The molecule has 1 atom stereocenters. The third-order valence-electron chi connectivity index (χ3n) is 6.32. The van der Waals surface area contributed by atoms with E-state index in [1.807, 2.05) is 6.07 Å². The largest absolute Gasteiger partial charge is 0.486 e. The molecule has 0 saturated carbocycles. The Morgan fingerprint density at radius 3 is 2.25 bits per heavy atom. The Morgan fingerprint density at radius 2 is 1.59 bits per heavy atom. The van der Waals surface area contributed by atoms with Crippen molar-refractivity contribution in [2.45, 2.75) is 65.5 Å². The zero-order valence-electron chi connectivity index (χ0n) is 19.9. The van der Waals surface area contributed by atoms with Gasteiger partial charge in [-0.25, -0.2) is 4.98 Å². The van der Waals surface area contributed by atoms with Crippen molar-refractivity contribution in [3.8, 4) is 5.75 Å². The normalized spacial score (nSPS) is 12.8. The number of benzene rings is 3. The Hall–Kier alpha value is -3.07. The number of rotatable bonds is 7. The highest BCUT2D eigenvalue weighted by Gasteiger charge is 2.14. The first-order chi connectivity index (χ1) is 15.3. The van der Waals surface area contributed by atoms with Crippen molar-refractivity contribution < 1.29 is 4.74 Å². The highest BCUT2D eigenvalue weighted by molar-refractivity contribution is 5.76. The first kappa shape index (κ1) is 22.1. The van der Waals surface area contributed by atoms with Crippen molar-refractivity contribution >= 4 is 11.0 Å². The quantitative estimate of drug-likeness (QED) is 0.306. The summed E-state index contributed by atoms with van der Waals surface area (Å²) >= 11 is 0. The highest BCUT2D eigenvalue weighted by atomic mass is 16.5. The summed E-state index contributed by atoms with van der Waals surface area (Å²) < 4.78 is 8.42. The third kappa shape index (κ3) is 4.88. The van der Waals surface area contributed by atoms with Crippen LogP contribution in [-0.2, 0) is 18.6 Å². The van der Waals surface area contributed by atoms with E-state index in [0.717, 1.165) is 35.6 Å². The lowest BCUT2D eigenvalue weighted by atomic mass is 9.87. The number of hydrogen-bond donors (Lipinski definition) is 0. The van der Waals surface area contributed by atoms with Gasteiger partial charge in [0, 0.05) is 6.54 Å². The Bertz CT molecular complexity index is 1160. The predicted octanol–water partition coefficient (Wildman–Crippen LogP) is 7.47. The number of nitrogens with zero attached hydrogens (tertiary/aromatic N) is 2. The van der Waals surface area contributed by atoms with Crippen LogP contribution >= 0.6 is 0 Å². The number of hydrogen-bond acceptors (Lipinski definition) is 2. The average Bonchev–Trinajstić information content (AvgIpc) is 3.14. The maximum Gasteiger partial charge on any atom is 0.148 e. The minimum Gasteiger partial charge on any atom is -0.486 e. The summed E-state index contributed by atoms with van der Waals surface area (Å²) in [7, 11) is 0. The molecular weight excluding hydrogens is 392 g/mol. The number of fused-ring (bicyclic) bond motifs is 1. The van der Waals surface area contributed by atoms with Gasteiger partial charge in [0.25, 0.3) is 0 Å². The van der Waals surface area contributed by atoms with Crippen molar-refractivity contribution in [3.63, 3.8) is 0 Å². The van der Waals surface area contributed by atoms with Crippen LogP contribution in [0.15, 0.2) is 72.8 Å². The molecule has 32 heavy (non-hydrogen) atoms. The predicted molar refractivity (Wildman–Crippen MR) is 133 cm³/mol. The molecule has 0 N–H and O–H groups in total. The van der Waals surface area contributed by atoms with Gasteiger partial charge in [-0.15, -0.1) is 0 Å². The lowest BCUT2D eigenvalue weighted by Crippen LogP contribution is -2.11. The molecule has 0 bridgehead atoms. The molecule has 3 aromatic carbocycles. The van der Waals surface area contributed by atoms with E-state index in [4.69, 9.17) is 9.72 Å². The van der Waals surface area contributed by atoms with Gasteiger partial charge in [0.05, 0.1) is 11.0 Å². The Balaban J connectivity index is 1.56. The van der Waals surface area contributed by atoms with Crippen molar-refractivity contribution in [1.29, 1.82) is 0 Å². The van der Waals surface area contributed by atoms with E-state index >= 15 is 0 Å². The highest BCUT2D eigenvalue weighted by Crippen LogP contribution is 2.26. The minimum absolute atomic E-state index is 0.136. The van der Waals surface area contributed by atoms with E-state index in [0.29, 0.717) is 12.5 Å². The smallest absolute Gasteiger partial charge is 0.148 e. The van der Waals surface area contributed by atoms with Crippen molar-refractivity contribution in [2.24, 2.45) is 0 Å². The maximum absolute atomic E-state index is 6.15. The first-order valence-electron chi connectivity index (χ1n) is 11.6. The fraction of sp³-hybridized carbons (Fsp3) is 0.345. The van der Waals surface area contributed by atoms with Crippen LogP contribution in [0.25, 0.3) is 11.0 Å². The molecule has 4 rings (SSSR count). The first-order valence-corrected chi connectivity index (χ1v) is 11.6. The zero-order chi connectivity index (χ0) is 22.7. The molecule has 0 aliphatic heterocycles. The van der Waals surface area contributed by atoms with Gasteiger partial charge in [-0.3, -0.25) is 0 Å². The van der Waals surface area contributed by atoms with Crippen molar-refractivity contribution in [2.75, 3.05) is 0 Å². The molecule has 1 heterocycles. The van der Waals surface area contributed by atoms with Crippen LogP contribution in [0, 0.1) is 0 Å². The number of ether oxygens (including phenoxy) is 1.